The molecule has 0 radical (unpaired) electrons. The van der Waals surface area contributed by atoms with Gasteiger partial charge in [-0.05, 0) is 30.7 Å². The van der Waals surface area contributed by atoms with Crippen molar-refractivity contribution in [2.24, 2.45) is 0 Å². The number of hydrogen-bond acceptors (Lipinski definition) is 3. The maximum atomic E-state index is 9.43. The first kappa shape index (κ1) is 11.5. The van der Waals surface area contributed by atoms with Gasteiger partial charge in [0.2, 0.25) is 0 Å². The highest BCUT2D eigenvalue weighted by molar-refractivity contribution is 5.34. The smallest absolute Gasteiger partial charge is 0.119 e. The van der Waals surface area contributed by atoms with Crippen LogP contribution in [0.1, 0.15) is 25.3 Å². The minimum Gasteiger partial charge on any atom is -0.491 e. The third-order valence-electron chi connectivity index (χ3n) is 2.05. The van der Waals surface area contributed by atoms with E-state index in [-0.39, 0.29) is 0 Å². The largest absolute Gasteiger partial charge is 0.491 e. The van der Waals surface area contributed by atoms with Crippen LogP contribution in [0.5, 0.6) is 5.75 Å². The molecule has 0 spiro atoms. The molecule has 0 saturated heterocycles. The van der Waals surface area contributed by atoms with Crippen molar-refractivity contribution in [3.05, 3.63) is 29.8 Å². The van der Waals surface area contributed by atoms with E-state index in [9.17, 15) is 5.11 Å². The molecule has 1 rings (SSSR count). The van der Waals surface area contributed by atoms with Crippen molar-refractivity contribution < 1.29 is 9.84 Å². The Labute approximate surface area is 89.9 Å². The molecule has 0 heterocycles. The Morgan fingerprint density at radius 3 is 2.60 bits per heavy atom. The van der Waals surface area contributed by atoms with E-state index in [4.69, 9.17) is 10.00 Å². The summed E-state index contributed by atoms with van der Waals surface area (Å²) in [5.41, 5.74) is 0.608. The minimum atomic E-state index is -0.411. The first-order valence-electron chi connectivity index (χ1n) is 5.07. The van der Waals surface area contributed by atoms with Crippen LogP contribution >= 0.6 is 0 Å². The predicted molar refractivity (Wildman–Crippen MR) is 57.6 cm³/mol. The number of aliphatic hydroxyl groups excluding tert-OH is 1. The van der Waals surface area contributed by atoms with Crippen LogP contribution < -0.4 is 4.74 Å². The third kappa shape index (κ3) is 4.01. The molecular weight excluding hydrogens is 190 g/mol. The molecule has 0 bridgehead atoms. The van der Waals surface area contributed by atoms with Crippen LogP contribution in [-0.2, 0) is 0 Å². The van der Waals surface area contributed by atoms with Crippen molar-refractivity contribution >= 4 is 0 Å². The van der Waals surface area contributed by atoms with E-state index >= 15 is 0 Å². The molecule has 80 valence electrons. The standard InChI is InChI=1S/C12H15NO2/c1-2-3-11(14)9-15-12-6-4-10(8-13)5-7-12/h4-7,11,14H,2-3,9H2,1H3/t11-/m0/s1. The number of rotatable bonds is 5. The molecule has 0 saturated carbocycles. The summed E-state index contributed by atoms with van der Waals surface area (Å²) in [6.07, 6.45) is 1.28. The molecule has 0 aliphatic heterocycles. The second kappa shape index (κ2) is 6.05. The van der Waals surface area contributed by atoms with Crippen LogP contribution in [0.4, 0.5) is 0 Å². The van der Waals surface area contributed by atoms with Crippen LogP contribution in [-0.4, -0.2) is 17.8 Å². The number of aliphatic hydroxyl groups is 1. The topological polar surface area (TPSA) is 53.2 Å². The van der Waals surface area contributed by atoms with Gasteiger partial charge in [0, 0.05) is 0 Å². The Morgan fingerprint density at radius 2 is 2.07 bits per heavy atom. The number of benzene rings is 1. The van der Waals surface area contributed by atoms with Crippen LogP contribution in [0.3, 0.4) is 0 Å². The van der Waals surface area contributed by atoms with E-state index in [1.54, 1.807) is 24.3 Å². The number of hydrogen-bond donors (Lipinski definition) is 1. The predicted octanol–water partition coefficient (Wildman–Crippen LogP) is 2.10. The Hall–Kier alpha value is -1.53. The fourth-order valence-electron chi connectivity index (χ4n) is 1.23. The molecule has 3 nitrogen and oxygen atoms in total. The fraction of sp³-hybridized carbons (Fsp3) is 0.417. The van der Waals surface area contributed by atoms with E-state index in [1.807, 2.05) is 13.0 Å². The highest BCUT2D eigenvalue weighted by Crippen LogP contribution is 2.12. The Kier molecular flexibility index (Phi) is 4.65. The lowest BCUT2D eigenvalue weighted by Gasteiger charge is -2.10. The molecule has 15 heavy (non-hydrogen) atoms. The van der Waals surface area contributed by atoms with E-state index in [1.165, 1.54) is 0 Å². The van der Waals surface area contributed by atoms with Gasteiger partial charge < -0.3 is 9.84 Å². The van der Waals surface area contributed by atoms with Crippen LogP contribution in [0.2, 0.25) is 0 Å². The molecule has 1 aromatic carbocycles. The fourth-order valence-corrected chi connectivity index (χ4v) is 1.23. The lowest BCUT2D eigenvalue weighted by Crippen LogP contribution is -2.16. The summed E-state index contributed by atoms with van der Waals surface area (Å²) in [4.78, 5) is 0. The zero-order valence-electron chi connectivity index (χ0n) is 8.81. The summed E-state index contributed by atoms with van der Waals surface area (Å²) in [7, 11) is 0. The van der Waals surface area contributed by atoms with Crippen molar-refractivity contribution in [3.63, 3.8) is 0 Å². The number of nitriles is 1. The van der Waals surface area contributed by atoms with Crippen molar-refractivity contribution in [2.45, 2.75) is 25.9 Å². The summed E-state index contributed by atoms with van der Waals surface area (Å²) in [5, 5.41) is 18.0. The summed E-state index contributed by atoms with van der Waals surface area (Å²) in [5.74, 6) is 0.684. The molecule has 1 atom stereocenters. The summed E-state index contributed by atoms with van der Waals surface area (Å²) in [6, 6.07) is 8.89. The van der Waals surface area contributed by atoms with Crippen LogP contribution in [0.15, 0.2) is 24.3 Å². The summed E-state index contributed by atoms with van der Waals surface area (Å²) >= 11 is 0. The van der Waals surface area contributed by atoms with Crippen molar-refractivity contribution in [2.75, 3.05) is 6.61 Å². The van der Waals surface area contributed by atoms with Crippen molar-refractivity contribution in [3.8, 4) is 11.8 Å². The molecule has 0 unspecified atom stereocenters. The van der Waals surface area contributed by atoms with Gasteiger partial charge >= 0.3 is 0 Å². The van der Waals surface area contributed by atoms with Gasteiger partial charge in [0.1, 0.15) is 12.4 Å². The van der Waals surface area contributed by atoms with Gasteiger partial charge in [-0.25, -0.2) is 0 Å². The summed E-state index contributed by atoms with van der Waals surface area (Å²) < 4.78 is 5.36. The second-order valence-corrected chi connectivity index (χ2v) is 3.39. The summed E-state index contributed by atoms with van der Waals surface area (Å²) in [6.45, 7) is 2.32. The quantitative estimate of drug-likeness (QED) is 0.800. The number of nitrogens with zero attached hydrogens (tertiary/aromatic N) is 1. The Bertz CT molecular complexity index is 326. The molecule has 0 fully saturated rings. The average molecular weight is 205 g/mol. The molecule has 0 aliphatic carbocycles. The van der Waals surface area contributed by atoms with Gasteiger partial charge in [-0.3, -0.25) is 0 Å². The van der Waals surface area contributed by atoms with Gasteiger partial charge in [0.15, 0.2) is 0 Å². The molecule has 1 N–H and O–H groups in total. The molecular formula is C12H15NO2. The highest BCUT2D eigenvalue weighted by Gasteiger charge is 2.03. The minimum absolute atomic E-state index is 0.305. The second-order valence-electron chi connectivity index (χ2n) is 3.39. The van der Waals surface area contributed by atoms with Crippen LogP contribution in [0.25, 0.3) is 0 Å². The van der Waals surface area contributed by atoms with Crippen molar-refractivity contribution in [1.29, 1.82) is 5.26 Å². The van der Waals surface area contributed by atoms with Gasteiger partial charge in [0.05, 0.1) is 17.7 Å². The highest BCUT2D eigenvalue weighted by atomic mass is 16.5. The molecule has 0 aromatic heterocycles. The van der Waals surface area contributed by atoms with Gasteiger partial charge in [-0.2, -0.15) is 5.26 Å². The van der Waals surface area contributed by atoms with Crippen molar-refractivity contribution in [1.82, 2.24) is 0 Å². The van der Waals surface area contributed by atoms with E-state index in [0.717, 1.165) is 12.8 Å². The van der Waals surface area contributed by atoms with E-state index in [2.05, 4.69) is 0 Å². The normalized spacial score (nSPS) is 11.8. The Balaban J connectivity index is 2.41. The van der Waals surface area contributed by atoms with E-state index in [0.29, 0.717) is 17.9 Å². The lowest BCUT2D eigenvalue weighted by molar-refractivity contribution is 0.0993. The average Bonchev–Trinajstić information content (AvgIpc) is 2.27. The van der Waals surface area contributed by atoms with Crippen LogP contribution in [0, 0.1) is 11.3 Å². The third-order valence-corrected chi connectivity index (χ3v) is 2.05. The molecule has 1 aromatic rings. The molecule has 0 aliphatic rings. The maximum Gasteiger partial charge on any atom is 0.119 e. The first-order valence-corrected chi connectivity index (χ1v) is 5.07. The lowest BCUT2D eigenvalue weighted by atomic mass is 10.2. The zero-order valence-corrected chi connectivity index (χ0v) is 8.81. The van der Waals surface area contributed by atoms with Gasteiger partial charge in [-0.1, -0.05) is 13.3 Å². The zero-order chi connectivity index (χ0) is 11.1. The first-order chi connectivity index (χ1) is 7.26. The van der Waals surface area contributed by atoms with Gasteiger partial charge in [0.25, 0.3) is 0 Å². The molecule has 0 amide bonds. The Morgan fingerprint density at radius 1 is 1.40 bits per heavy atom. The van der Waals surface area contributed by atoms with E-state index < -0.39 is 6.10 Å². The van der Waals surface area contributed by atoms with Gasteiger partial charge in [-0.15, -0.1) is 0 Å². The number of ether oxygens (including phenoxy) is 1. The SMILES string of the molecule is CCC[C@H](O)COc1ccc(C#N)cc1. The monoisotopic (exact) mass is 205 g/mol. The molecule has 3 heteroatoms. The maximum absolute atomic E-state index is 9.43.